The van der Waals surface area contributed by atoms with Crippen LogP contribution in [0.25, 0.3) is 5.76 Å². The second kappa shape index (κ2) is 11.6. The minimum absolute atomic E-state index is 0.0868. The molecule has 2 heterocycles. The zero-order valence-electron chi connectivity index (χ0n) is 20.6. The predicted molar refractivity (Wildman–Crippen MR) is 138 cm³/mol. The van der Waals surface area contributed by atoms with E-state index in [2.05, 4.69) is 23.7 Å². The van der Waals surface area contributed by atoms with Gasteiger partial charge in [0.1, 0.15) is 18.1 Å². The van der Waals surface area contributed by atoms with E-state index >= 15 is 0 Å². The average Bonchev–Trinajstić information content (AvgIpc) is 3.18. The normalized spacial score (nSPS) is 17.1. The standard InChI is InChI=1S/C29H31N3O4/c1-3-31(4-2)18-19-32-26(22-14-16-30-17-15-22)25(28(34)29(32)35)27(33)23-10-12-24(13-11-23)36-20-21-8-6-5-7-9-21/h5-17,26,33H,3-4,18-20H2,1-2H3/b27-25-. The summed E-state index contributed by atoms with van der Waals surface area (Å²) in [5, 5.41) is 11.2. The number of likely N-dealkylation sites (tertiary alicyclic amines) is 1. The number of carbonyl (C=O) groups excluding carboxylic acids is 2. The Labute approximate surface area is 211 Å². The van der Waals surface area contributed by atoms with E-state index in [9.17, 15) is 14.7 Å². The number of ether oxygens (including phenoxy) is 1. The minimum Gasteiger partial charge on any atom is -0.507 e. The van der Waals surface area contributed by atoms with Crippen molar-refractivity contribution in [3.05, 3.63) is 101 Å². The van der Waals surface area contributed by atoms with Crippen LogP contribution in [0.15, 0.2) is 84.7 Å². The summed E-state index contributed by atoms with van der Waals surface area (Å²) in [5.41, 5.74) is 2.31. The molecule has 186 valence electrons. The minimum atomic E-state index is -0.683. The van der Waals surface area contributed by atoms with Crippen LogP contribution in [0, 0.1) is 0 Å². The number of carbonyl (C=O) groups is 2. The lowest BCUT2D eigenvalue weighted by molar-refractivity contribution is -0.140. The van der Waals surface area contributed by atoms with Crippen molar-refractivity contribution in [1.82, 2.24) is 14.8 Å². The molecule has 0 spiro atoms. The third-order valence-corrected chi connectivity index (χ3v) is 6.49. The van der Waals surface area contributed by atoms with Gasteiger partial charge in [-0.25, -0.2) is 0 Å². The van der Waals surface area contributed by atoms with Crippen LogP contribution in [0.4, 0.5) is 0 Å². The van der Waals surface area contributed by atoms with Crippen LogP contribution in [-0.4, -0.2) is 57.8 Å². The van der Waals surface area contributed by atoms with Crippen LogP contribution >= 0.6 is 0 Å². The number of rotatable bonds is 10. The summed E-state index contributed by atoms with van der Waals surface area (Å²) < 4.78 is 5.83. The zero-order chi connectivity index (χ0) is 25.5. The fourth-order valence-corrected chi connectivity index (χ4v) is 4.40. The van der Waals surface area contributed by atoms with Crippen LogP contribution in [0.5, 0.6) is 5.75 Å². The molecule has 1 amide bonds. The molecule has 0 saturated carbocycles. The first-order valence-electron chi connectivity index (χ1n) is 12.2. The Morgan fingerprint density at radius 1 is 0.972 bits per heavy atom. The summed E-state index contributed by atoms with van der Waals surface area (Å²) in [6.07, 6.45) is 3.25. The smallest absolute Gasteiger partial charge is 0.295 e. The number of likely N-dealkylation sites (N-methyl/N-ethyl adjacent to an activating group) is 1. The Balaban J connectivity index is 1.62. The highest BCUT2D eigenvalue weighted by Gasteiger charge is 2.45. The van der Waals surface area contributed by atoms with Gasteiger partial charge in [0, 0.05) is 31.0 Å². The number of nitrogens with zero attached hydrogens (tertiary/aromatic N) is 3. The van der Waals surface area contributed by atoms with Crippen molar-refractivity contribution in [1.29, 1.82) is 0 Å². The number of Topliss-reactive ketones (excluding diaryl/α,β-unsaturated/α-hetero) is 1. The lowest BCUT2D eigenvalue weighted by Gasteiger charge is -2.28. The SMILES string of the molecule is CCN(CC)CCN1C(=O)C(=O)/C(=C(\O)c2ccc(OCc3ccccc3)cc2)C1c1ccncc1. The maximum Gasteiger partial charge on any atom is 0.295 e. The van der Waals surface area contributed by atoms with Gasteiger partial charge in [0.15, 0.2) is 0 Å². The quantitative estimate of drug-likeness (QED) is 0.260. The number of aliphatic hydroxyl groups excluding tert-OH is 1. The highest BCUT2D eigenvalue weighted by molar-refractivity contribution is 6.46. The lowest BCUT2D eigenvalue weighted by Crippen LogP contribution is -2.38. The zero-order valence-corrected chi connectivity index (χ0v) is 20.6. The van der Waals surface area contributed by atoms with Crippen molar-refractivity contribution >= 4 is 17.4 Å². The van der Waals surface area contributed by atoms with Gasteiger partial charge in [-0.2, -0.15) is 0 Å². The molecule has 1 N–H and O–H groups in total. The molecule has 1 atom stereocenters. The number of ketones is 1. The number of benzene rings is 2. The van der Waals surface area contributed by atoms with Crippen molar-refractivity contribution < 1.29 is 19.4 Å². The monoisotopic (exact) mass is 485 g/mol. The second-order valence-corrected chi connectivity index (χ2v) is 8.60. The first-order chi connectivity index (χ1) is 17.5. The summed E-state index contributed by atoms with van der Waals surface area (Å²) >= 11 is 0. The number of hydrogen-bond acceptors (Lipinski definition) is 6. The molecule has 4 rings (SSSR count). The third-order valence-electron chi connectivity index (χ3n) is 6.49. The molecule has 3 aromatic rings. The van der Waals surface area contributed by atoms with Crippen molar-refractivity contribution in [2.45, 2.75) is 26.5 Å². The van der Waals surface area contributed by atoms with E-state index in [1.807, 2.05) is 30.3 Å². The molecule has 1 aliphatic rings. The lowest BCUT2D eigenvalue weighted by atomic mass is 9.96. The molecule has 0 bridgehead atoms. The first kappa shape index (κ1) is 25.1. The molecular weight excluding hydrogens is 454 g/mol. The van der Waals surface area contributed by atoms with Gasteiger partial charge >= 0.3 is 0 Å². The number of amides is 1. The molecule has 0 radical (unpaired) electrons. The number of pyridine rings is 1. The Hall–Kier alpha value is -3.97. The van der Waals surface area contributed by atoms with Gasteiger partial charge in [-0.05, 0) is 60.6 Å². The van der Waals surface area contributed by atoms with Gasteiger partial charge in [0.25, 0.3) is 11.7 Å². The van der Waals surface area contributed by atoms with Gasteiger partial charge in [0.2, 0.25) is 0 Å². The Kier molecular flexibility index (Phi) is 8.13. The topological polar surface area (TPSA) is 83.0 Å². The molecule has 7 heteroatoms. The molecule has 1 aromatic heterocycles. The number of aromatic nitrogens is 1. The highest BCUT2D eigenvalue weighted by atomic mass is 16.5. The highest BCUT2D eigenvalue weighted by Crippen LogP contribution is 2.39. The van der Waals surface area contributed by atoms with E-state index in [4.69, 9.17) is 4.74 Å². The molecule has 7 nitrogen and oxygen atoms in total. The Morgan fingerprint density at radius 2 is 1.64 bits per heavy atom. The van der Waals surface area contributed by atoms with E-state index in [0.717, 1.165) is 24.2 Å². The van der Waals surface area contributed by atoms with Crippen molar-refractivity contribution in [2.75, 3.05) is 26.2 Å². The molecule has 1 saturated heterocycles. The Bertz CT molecular complexity index is 1210. The molecule has 0 aliphatic carbocycles. The number of hydrogen-bond donors (Lipinski definition) is 1. The van der Waals surface area contributed by atoms with Gasteiger partial charge in [-0.3, -0.25) is 14.6 Å². The average molecular weight is 486 g/mol. The molecule has 1 aliphatic heterocycles. The molecule has 2 aromatic carbocycles. The summed E-state index contributed by atoms with van der Waals surface area (Å²) in [4.78, 5) is 34.1. The van der Waals surface area contributed by atoms with E-state index in [-0.39, 0.29) is 11.3 Å². The van der Waals surface area contributed by atoms with Gasteiger partial charge in [0.05, 0.1) is 11.6 Å². The van der Waals surface area contributed by atoms with Gasteiger partial charge in [-0.1, -0.05) is 44.2 Å². The van der Waals surface area contributed by atoms with Gasteiger partial charge in [-0.15, -0.1) is 0 Å². The predicted octanol–water partition coefficient (Wildman–Crippen LogP) is 4.42. The molecule has 1 unspecified atom stereocenters. The third kappa shape index (κ3) is 5.47. The molecule has 36 heavy (non-hydrogen) atoms. The summed E-state index contributed by atoms with van der Waals surface area (Å²) in [7, 11) is 0. The molecular formula is C29H31N3O4. The van der Waals surface area contributed by atoms with Crippen LogP contribution in [0.2, 0.25) is 0 Å². The largest absolute Gasteiger partial charge is 0.507 e. The van der Waals surface area contributed by atoms with Crippen molar-refractivity contribution in [2.24, 2.45) is 0 Å². The van der Waals surface area contributed by atoms with Crippen molar-refractivity contribution in [3.63, 3.8) is 0 Å². The maximum atomic E-state index is 13.2. The van der Waals surface area contributed by atoms with E-state index in [0.29, 0.717) is 31.0 Å². The van der Waals surface area contributed by atoms with Crippen LogP contribution in [-0.2, 0) is 16.2 Å². The van der Waals surface area contributed by atoms with E-state index in [1.54, 1.807) is 53.7 Å². The van der Waals surface area contributed by atoms with Crippen molar-refractivity contribution in [3.8, 4) is 5.75 Å². The molecule has 1 fully saturated rings. The summed E-state index contributed by atoms with van der Waals surface area (Å²) in [6, 6.07) is 19.6. The number of aliphatic hydroxyl groups is 1. The van der Waals surface area contributed by atoms with Gasteiger partial charge < -0.3 is 19.6 Å². The fourth-order valence-electron chi connectivity index (χ4n) is 4.40. The van der Waals surface area contributed by atoms with Crippen LogP contribution < -0.4 is 4.74 Å². The van der Waals surface area contributed by atoms with Crippen LogP contribution in [0.3, 0.4) is 0 Å². The first-order valence-corrected chi connectivity index (χ1v) is 12.2. The second-order valence-electron chi connectivity index (χ2n) is 8.60. The maximum absolute atomic E-state index is 13.2. The van der Waals surface area contributed by atoms with Crippen LogP contribution in [0.1, 0.15) is 36.6 Å². The summed E-state index contributed by atoms with van der Waals surface area (Å²) in [6.45, 7) is 7.25. The van der Waals surface area contributed by atoms with E-state index in [1.165, 1.54) is 0 Å². The fraction of sp³-hybridized carbons (Fsp3) is 0.276. The Morgan fingerprint density at radius 3 is 2.28 bits per heavy atom. The summed E-state index contributed by atoms with van der Waals surface area (Å²) in [5.74, 6) is -0.845. The van der Waals surface area contributed by atoms with E-state index < -0.39 is 17.7 Å².